The van der Waals surface area contributed by atoms with E-state index in [-0.39, 0.29) is 11.9 Å². The van der Waals surface area contributed by atoms with E-state index >= 15 is 0 Å². The van der Waals surface area contributed by atoms with Crippen molar-refractivity contribution in [1.29, 1.82) is 0 Å². The van der Waals surface area contributed by atoms with Crippen LogP contribution >= 0.6 is 0 Å². The lowest BCUT2D eigenvalue weighted by molar-refractivity contribution is -0.114. The smallest absolute Gasteiger partial charge is 0.320 e. The first-order valence-corrected chi connectivity index (χ1v) is 9.32. The molecule has 26 heavy (non-hydrogen) atoms. The van der Waals surface area contributed by atoms with Gasteiger partial charge in [0.05, 0.1) is 13.2 Å². The summed E-state index contributed by atoms with van der Waals surface area (Å²) in [4.78, 5) is 29.8. The number of hydrogen-bond acceptors (Lipinski definition) is 4. The van der Waals surface area contributed by atoms with Crippen LogP contribution in [-0.4, -0.2) is 85.7 Å². The maximum Gasteiger partial charge on any atom is 0.320 e. The number of benzene rings is 1. The largest absolute Gasteiger partial charge is 0.378 e. The summed E-state index contributed by atoms with van der Waals surface area (Å²) >= 11 is 0. The molecule has 2 fully saturated rings. The van der Waals surface area contributed by atoms with Crippen molar-refractivity contribution >= 4 is 17.6 Å². The summed E-state index contributed by atoms with van der Waals surface area (Å²) in [6.45, 7) is 8.60. The minimum atomic E-state index is -0.0535. The zero-order valence-electron chi connectivity index (χ0n) is 15.4. The molecule has 0 atom stereocenters. The predicted octanol–water partition coefficient (Wildman–Crippen LogP) is 1.26. The molecule has 0 unspecified atom stereocenters. The van der Waals surface area contributed by atoms with Gasteiger partial charge in [0, 0.05) is 58.4 Å². The molecule has 0 spiro atoms. The summed E-state index contributed by atoms with van der Waals surface area (Å²) in [5.74, 6) is -0.0535. The molecular formula is C19H28N4O3. The quantitative estimate of drug-likeness (QED) is 0.878. The predicted molar refractivity (Wildman–Crippen MR) is 100 cm³/mol. The lowest BCUT2D eigenvalue weighted by Crippen LogP contribution is -2.54. The van der Waals surface area contributed by atoms with Crippen molar-refractivity contribution in [3.8, 4) is 0 Å². The van der Waals surface area contributed by atoms with Crippen molar-refractivity contribution in [3.05, 3.63) is 29.8 Å². The van der Waals surface area contributed by atoms with Crippen molar-refractivity contribution in [3.63, 3.8) is 0 Å². The molecule has 0 aliphatic carbocycles. The van der Waals surface area contributed by atoms with Crippen LogP contribution in [0.4, 0.5) is 10.5 Å². The number of carbonyl (C=O) groups excluding carboxylic acids is 2. The monoisotopic (exact) mass is 360 g/mol. The number of piperazine rings is 1. The van der Waals surface area contributed by atoms with E-state index in [1.807, 2.05) is 21.9 Å². The molecule has 0 aromatic heterocycles. The van der Waals surface area contributed by atoms with Crippen LogP contribution in [0.3, 0.4) is 0 Å². The van der Waals surface area contributed by atoms with E-state index in [1.165, 1.54) is 12.5 Å². The van der Waals surface area contributed by atoms with Crippen LogP contribution < -0.4 is 5.32 Å². The van der Waals surface area contributed by atoms with E-state index in [9.17, 15) is 9.59 Å². The van der Waals surface area contributed by atoms with Gasteiger partial charge in [0.2, 0.25) is 5.91 Å². The Morgan fingerprint density at radius 3 is 2.19 bits per heavy atom. The molecule has 2 heterocycles. The molecule has 0 saturated carbocycles. The molecule has 2 aliphatic rings. The van der Waals surface area contributed by atoms with Gasteiger partial charge in [-0.15, -0.1) is 0 Å². The molecule has 142 valence electrons. The summed E-state index contributed by atoms with van der Waals surface area (Å²) in [5, 5.41) is 2.78. The van der Waals surface area contributed by atoms with Crippen LogP contribution in [0.1, 0.15) is 12.5 Å². The molecule has 7 heteroatoms. The van der Waals surface area contributed by atoms with Crippen LogP contribution in [-0.2, 0) is 16.0 Å². The van der Waals surface area contributed by atoms with Crippen LogP contribution in [0.2, 0.25) is 0 Å². The maximum absolute atomic E-state index is 12.5. The number of morpholine rings is 1. The molecule has 3 amide bonds. The standard InChI is InChI=1S/C19H28N4O3/c1-16(24)20-18-4-2-17(3-5-18)6-7-21-8-10-22(11-9-21)19(25)23-12-14-26-15-13-23/h2-5H,6-15H2,1H3,(H,20,24). The van der Waals surface area contributed by atoms with Crippen LogP contribution in [0.25, 0.3) is 0 Å². The number of ether oxygens (including phenoxy) is 1. The van der Waals surface area contributed by atoms with Crippen molar-refractivity contribution in [2.24, 2.45) is 0 Å². The van der Waals surface area contributed by atoms with Gasteiger partial charge in [-0.1, -0.05) is 12.1 Å². The Morgan fingerprint density at radius 1 is 0.962 bits per heavy atom. The van der Waals surface area contributed by atoms with Gasteiger partial charge in [0.15, 0.2) is 0 Å². The van der Waals surface area contributed by atoms with E-state index in [1.54, 1.807) is 0 Å². The zero-order chi connectivity index (χ0) is 18.4. The third-order valence-corrected chi connectivity index (χ3v) is 4.92. The first-order valence-electron chi connectivity index (χ1n) is 9.32. The number of urea groups is 1. The highest BCUT2D eigenvalue weighted by Gasteiger charge is 2.26. The van der Waals surface area contributed by atoms with Gasteiger partial charge in [-0.25, -0.2) is 4.79 Å². The average Bonchev–Trinajstić information content (AvgIpc) is 2.67. The highest BCUT2D eigenvalue weighted by molar-refractivity contribution is 5.88. The van der Waals surface area contributed by atoms with E-state index < -0.39 is 0 Å². The number of nitrogens with zero attached hydrogens (tertiary/aromatic N) is 3. The van der Waals surface area contributed by atoms with E-state index in [0.29, 0.717) is 26.3 Å². The molecule has 1 aromatic rings. The Balaban J connectivity index is 1.39. The van der Waals surface area contributed by atoms with Crippen LogP contribution in [0.5, 0.6) is 0 Å². The lowest BCUT2D eigenvalue weighted by Gasteiger charge is -2.38. The minimum absolute atomic E-state index is 0.0535. The SMILES string of the molecule is CC(=O)Nc1ccc(CCN2CCN(C(=O)N3CCOCC3)CC2)cc1. The number of amides is 3. The summed E-state index contributed by atoms with van der Waals surface area (Å²) in [6.07, 6.45) is 0.970. The summed E-state index contributed by atoms with van der Waals surface area (Å²) in [7, 11) is 0. The van der Waals surface area contributed by atoms with Crippen molar-refractivity contribution in [1.82, 2.24) is 14.7 Å². The molecule has 0 bridgehead atoms. The van der Waals surface area contributed by atoms with Gasteiger partial charge in [0.25, 0.3) is 0 Å². The topological polar surface area (TPSA) is 65.1 Å². The van der Waals surface area contributed by atoms with E-state index in [4.69, 9.17) is 4.74 Å². The Hall–Kier alpha value is -2.12. The molecule has 2 aliphatic heterocycles. The van der Waals surface area contributed by atoms with Crippen LogP contribution in [0.15, 0.2) is 24.3 Å². The Kier molecular flexibility index (Phi) is 6.46. The highest BCUT2D eigenvalue weighted by Crippen LogP contribution is 2.12. The second kappa shape index (κ2) is 9.00. The molecule has 1 aromatic carbocycles. The lowest BCUT2D eigenvalue weighted by atomic mass is 10.1. The Labute approximate surface area is 154 Å². The number of anilines is 1. The van der Waals surface area contributed by atoms with Crippen molar-refractivity contribution < 1.29 is 14.3 Å². The van der Waals surface area contributed by atoms with E-state index in [0.717, 1.165) is 44.8 Å². The van der Waals surface area contributed by atoms with Crippen molar-refractivity contribution in [2.45, 2.75) is 13.3 Å². The van der Waals surface area contributed by atoms with Crippen LogP contribution in [0, 0.1) is 0 Å². The maximum atomic E-state index is 12.5. The molecule has 2 saturated heterocycles. The van der Waals surface area contributed by atoms with Gasteiger partial charge in [-0.05, 0) is 24.1 Å². The summed E-state index contributed by atoms with van der Waals surface area (Å²) < 4.78 is 5.31. The normalized spacial score (nSPS) is 18.7. The number of rotatable bonds is 4. The summed E-state index contributed by atoms with van der Waals surface area (Å²) in [6, 6.07) is 8.15. The van der Waals surface area contributed by atoms with Crippen molar-refractivity contribution in [2.75, 3.05) is 64.3 Å². The fourth-order valence-corrected chi connectivity index (χ4v) is 3.36. The second-order valence-corrected chi connectivity index (χ2v) is 6.84. The number of nitrogens with one attached hydrogen (secondary N) is 1. The molecular weight excluding hydrogens is 332 g/mol. The zero-order valence-corrected chi connectivity index (χ0v) is 15.4. The van der Waals surface area contributed by atoms with Gasteiger partial charge in [-0.2, -0.15) is 0 Å². The third-order valence-electron chi connectivity index (χ3n) is 4.92. The fraction of sp³-hybridized carbons (Fsp3) is 0.579. The molecule has 3 rings (SSSR count). The van der Waals surface area contributed by atoms with Gasteiger partial charge in [-0.3, -0.25) is 9.69 Å². The van der Waals surface area contributed by atoms with Gasteiger partial charge < -0.3 is 19.9 Å². The second-order valence-electron chi connectivity index (χ2n) is 6.84. The van der Waals surface area contributed by atoms with E-state index in [2.05, 4.69) is 22.3 Å². The number of carbonyl (C=O) groups is 2. The first kappa shape index (κ1) is 18.7. The average molecular weight is 360 g/mol. The van der Waals surface area contributed by atoms with Gasteiger partial charge in [0.1, 0.15) is 0 Å². The highest BCUT2D eigenvalue weighted by atomic mass is 16.5. The fourth-order valence-electron chi connectivity index (χ4n) is 3.36. The molecule has 7 nitrogen and oxygen atoms in total. The molecule has 0 radical (unpaired) electrons. The third kappa shape index (κ3) is 5.19. The first-order chi connectivity index (χ1) is 12.6. The Morgan fingerprint density at radius 2 is 1.58 bits per heavy atom. The minimum Gasteiger partial charge on any atom is -0.378 e. The Bertz CT molecular complexity index is 606. The summed E-state index contributed by atoms with van der Waals surface area (Å²) in [5.41, 5.74) is 2.09. The number of hydrogen-bond donors (Lipinski definition) is 1. The molecule has 1 N–H and O–H groups in total. The van der Waals surface area contributed by atoms with Gasteiger partial charge >= 0.3 is 6.03 Å².